The van der Waals surface area contributed by atoms with E-state index in [1.54, 1.807) is 12.1 Å². The standard InChI is InChI=1S/C14H12ClNO2/c1-8-5-10(3-4-13(17)18)7-11-12(15)6-9(2)16-14(8)11/h3-7H,1-2H3,(H,17,18)/b4-3+. The zero-order valence-corrected chi connectivity index (χ0v) is 10.8. The van der Waals surface area contributed by atoms with Crippen LogP contribution in [0.15, 0.2) is 24.3 Å². The van der Waals surface area contributed by atoms with Crippen LogP contribution in [0.2, 0.25) is 5.02 Å². The van der Waals surface area contributed by atoms with Gasteiger partial charge in [0.1, 0.15) is 0 Å². The number of aliphatic carboxylic acids is 1. The van der Waals surface area contributed by atoms with Crippen LogP contribution >= 0.6 is 11.6 Å². The summed E-state index contributed by atoms with van der Waals surface area (Å²) in [5, 5.41) is 10.1. The first-order valence-electron chi connectivity index (χ1n) is 5.46. The summed E-state index contributed by atoms with van der Waals surface area (Å²) in [7, 11) is 0. The Morgan fingerprint density at radius 2 is 2.06 bits per heavy atom. The fourth-order valence-corrected chi connectivity index (χ4v) is 2.17. The quantitative estimate of drug-likeness (QED) is 0.841. The average molecular weight is 262 g/mol. The lowest BCUT2D eigenvalue weighted by Gasteiger charge is -2.06. The third-order valence-corrected chi connectivity index (χ3v) is 2.93. The van der Waals surface area contributed by atoms with Crippen molar-refractivity contribution < 1.29 is 9.90 Å². The maximum Gasteiger partial charge on any atom is 0.328 e. The molecule has 0 atom stereocenters. The van der Waals surface area contributed by atoms with Gasteiger partial charge < -0.3 is 5.11 Å². The van der Waals surface area contributed by atoms with Crippen molar-refractivity contribution in [3.8, 4) is 0 Å². The van der Waals surface area contributed by atoms with Gasteiger partial charge in [-0.15, -0.1) is 0 Å². The highest BCUT2D eigenvalue weighted by Gasteiger charge is 2.06. The first-order chi connectivity index (χ1) is 8.47. The van der Waals surface area contributed by atoms with E-state index in [2.05, 4.69) is 4.98 Å². The Morgan fingerprint density at radius 1 is 1.33 bits per heavy atom. The van der Waals surface area contributed by atoms with E-state index in [-0.39, 0.29) is 0 Å². The molecule has 0 saturated heterocycles. The highest BCUT2D eigenvalue weighted by molar-refractivity contribution is 6.35. The summed E-state index contributed by atoms with van der Waals surface area (Å²) in [6.45, 7) is 3.83. The molecule has 0 aliphatic rings. The number of hydrogen-bond acceptors (Lipinski definition) is 2. The van der Waals surface area contributed by atoms with Crippen molar-refractivity contribution in [1.82, 2.24) is 4.98 Å². The number of hydrogen-bond donors (Lipinski definition) is 1. The molecule has 1 aromatic heterocycles. The minimum Gasteiger partial charge on any atom is -0.478 e. The first kappa shape index (κ1) is 12.6. The average Bonchev–Trinajstić information content (AvgIpc) is 2.28. The predicted octanol–water partition coefficient (Wildman–Crippen LogP) is 3.60. The zero-order chi connectivity index (χ0) is 13.3. The lowest BCUT2D eigenvalue weighted by Crippen LogP contribution is -1.90. The Labute approximate surface area is 110 Å². The van der Waals surface area contributed by atoms with Crippen LogP contribution < -0.4 is 0 Å². The van der Waals surface area contributed by atoms with E-state index in [0.717, 1.165) is 33.8 Å². The minimum atomic E-state index is -0.971. The number of nitrogens with zero attached hydrogens (tertiary/aromatic N) is 1. The fraction of sp³-hybridized carbons (Fsp3) is 0.143. The molecule has 0 unspecified atom stereocenters. The first-order valence-corrected chi connectivity index (χ1v) is 5.83. The monoisotopic (exact) mass is 261 g/mol. The summed E-state index contributed by atoms with van der Waals surface area (Å²) >= 11 is 6.19. The maximum atomic E-state index is 10.5. The van der Waals surface area contributed by atoms with Crippen LogP contribution in [0.3, 0.4) is 0 Å². The van der Waals surface area contributed by atoms with E-state index < -0.39 is 5.97 Å². The van der Waals surface area contributed by atoms with E-state index in [1.165, 1.54) is 0 Å². The summed E-state index contributed by atoms with van der Waals surface area (Å²) in [5.74, 6) is -0.971. The van der Waals surface area contributed by atoms with Gasteiger partial charge in [-0.05, 0) is 49.2 Å². The number of carbonyl (C=O) groups is 1. The van der Waals surface area contributed by atoms with Crippen molar-refractivity contribution >= 4 is 34.5 Å². The molecule has 92 valence electrons. The molecule has 0 saturated carbocycles. The van der Waals surface area contributed by atoms with Gasteiger partial charge in [-0.3, -0.25) is 4.98 Å². The van der Waals surface area contributed by atoms with Crippen molar-refractivity contribution in [2.24, 2.45) is 0 Å². The number of aryl methyl sites for hydroxylation is 2. The number of benzene rings is 1. The van der Waals surface area contributed by atoms with Gasteiger partial charge in [-0.2, -0.15) is 0 Å². The van der Waals surface area contributed by atoms with E-state index in [0.29, 0.717) is 5.02 Å². The lowest BCUT2D eigenvalue weighted by molar-refractivity contribution is -0.131. The molecular formula is C14H12ClNO2. The summed E-state index contributed by atoms with van der Waals surface area (Å²) in [5.41, 5.74) is 3.50. The number of halogens is 1. The molecule has 4 heteroatoms. The molecule has 0 radical (unpaired) electrons. The summed E-state index contributed by atoms with van der Waals surface area (Å²) < 4.78 is 0. The summed E-state index contributed by atoms with van der Waals surface area (Å²) in [4.78, 5) is 15.0. The van der Waals surface area contributed by atoms with Gasteiger partial charge in [-0.1, -0.05) is 11.6 Å². The van der Waals surface area contributed by atoms with Gasteiger partial charge in [0.25, 0.3) is 0 Å². The fourth-order valence-electron chi connectivity index (χ4n) is 1.87. The number of aromatic nitrogens is 1. The van der Waals surface area contributed by atoms with E-state index >= 15 is 0 Å². The van der Waals surface area contributed by atoms with Gasteiger partial charge in [0.2, 0.25) is 0 Å². The largest absolute Gasteiger partial charge is 0.478 e. The van der Waals surface area contributed by atoms with Crippen molar-refractivity contribution in [3.63, 3.8) is 0 Å². The highest BCUT2D eigenvalue weighted by Crippen LogP contribution is 2.27. The van der Waals surface area contributed by atoms with Crippen LogP contribution in [0.25, 0.3) is 17.0 Å². The molecule has 2 aromatic rings. The SMILES string of the molecule is Cc1cc(Cl)c2cc(/C=C/C(=O)O)cc(C)c2n1. The van der Waals surface area contributed by atoms with Gasteiger partial charge in [0, 0.05) is 17.2 Å². The normalized spacial score (nSPS) is 11.3. The van der Waals surface area contributed by atoms with Gasteiger partial charge in [0.15, 0.2) is 0 Å². The number of fused-ring (bicyclic) bond motifs is 1. The molecule has 0 aliphatic carbocycles. The van der Waals surface area contributed by atoms with Gasteiger partial charge in [0.05, 0.1) is 10.5 Å². The molecule has 1 heterocycles. The Kier molecular flexibility index (Phi) is 3.34. The molecule has 0 bridgehead atoms. The van der Waals surface area contributed by atoms with E-state index in [4.69, 9.17) is 16.7 Å². The predicted molar refractivity (Wildman–Crippen MR) is 72.9 cm³/mol. The molecule has 2 rings (SSSR count). The number of carboxylic acids is 1. The van der Waals surface area contributed by atoms with Crippen molar-refractivity contribution in [3.05, 3.63) is 46.1 Å². The van der Waals surface area contributed by atoms with Gasteiger partial charge in [-0.25, -0.2) is 4.79 Å². The molecule has 0 amide bonds. The Morgan fingerprint density at radius 3 is 2.72 bits per heavy atom. The Hall–Kier alpha value is -1.87. The number of carboxylic acid groups (broad SMARTS) is 1. The molecule has 1 N–H and O–H groups in total. The van der Waals surface area contributed by atoms with Crippen LogP contribution in [-0.2, 0) is 4.79 Å². The lowest BCUT2D eigenvalue weighted by atomic mass is 10.1. The number of pyridine rings is 1. The number of rotatable bonds is 2. The molecular weight excluding hydrogens is 250 g/mol. The van der Waals surface area contributed by atoms with Crippen LogP contribution in [0.1, 0.15) is 16.8 Å². The van der Waals surface area contributed by atoms with Crippen LogP contribution in [-0.4, -0.2) is 16.1 Å². The highest BCUT2D eigenvalue weighted by atomic mass is 35.5. The van der Waals surface area contributed by atoms with Crippen molar-refractivity contribution in [2.75, 3.05) is 0 Å². The smallest absolute Gasteiger partial charge is 0.328 e. The van der Waals surface area contributed by atoms with Crippen LogP contribution in [0, 0.1) is 13.8 Å². The van der Waals surface area contributed by atoms with Crippen LogP contribution in [0.4, 0.5) is 0 Å². The third-order valence-electron chi connectivity index (χ3n) is 2.62. The molecule has 0 aliphatic heterocycles. The Balaban J connectivity index is 2.65. The Bertz CT molecular complexity index is 662. The molecule has 3 nitrogen and oxygen atoms in total. The summed E-state index contributed by atoms with van der Waals surface area (Å²) in [6, 6.07) is 5.54. The topological polar surface area (TPSA) is 50.2 Å². The van der Waals surface area contributed by atoms with E-state index in [1.807, 2.05) is 26.0 Å². The van der Waals surface area contributed by atoms with Gasteiger partial charge >= 0.3 is 5.97 Å². The molecule has 18 heavy (non-hydrogen) atoms. The second kappa shape index (κ2) is 4.78. The second-order valence-corrected chi connectivity index (χ2v) is 4.56. The maximum absolute atomic E-state index is 10.5. The van der Waals surface area contributed by atoms with Crippen molar-refractivity contribution in [1.29, 1.82) is 0 Å². The molecule has 1 aromatic carbocycles. The van der Waals surface area contributed by atoms with E-state index in [9.17, 15) is 4.79 Å². The van der Waals surface area contributed by atoms with Crippen LogP contribution in [0.5, 0.6) is 0 Å². The molecule has 0 spiro atoms. The minimum absolute atomic E-state index is 0.631. The zero-order valence-electron chi connectivity index (χ0n) is 10.1. The molecule has 0 fully saturated rings. The second-order valence-electron chi connectivity index (χ2n) is 4.15. The van der Waals surface area contributed by atoms with Crippen molar-refractivity contribution in [2.45, 2.75) is 13.8 Å². The third kappa shape index (κ3) is 2.51. The summed E-state index contributed by atoms with van der Waals surface area (Å²) in [6.07, 6.45) is 2.65.